The average Bonchev–Trinajstić information content (AvgIpc) is 2.87. The Bertz CT molecular complexity index is 385. The Morgan fingerprint density at radius 2 is 2.28 bits per heavy atom. The minimum Gasteiger partial charge on any atom is -0.393 e. The normalized spacial score (nSPS) is 21.3. The molecule has 0 radical (unpaired) electrons. The second-order valence-electron chi connectivity index (χ2n) is 5.07. The number of aryl methyl sites for hydroxylation is 1. The second-order valence-corrected chi connectivity index (χ2v) is 5.07. The number of aromatic nitrogens is 1. The first-order valence-electron chi connectivity index (χ1n) is 6.67. The van der Waals surface area contributed by atoms with Crippen molar-refractivity contribution >= 4 is 5.82 Å². The molecule has 18 heavy (non-hydrogen) atoms. The monoisotopic (exact) mass is 250 g/mol. The summed E-state index contributed by atoms with van der Waals surface area (Å²) in [6, 6.07) is 3.90. The van der Waals surface area contributed by atoms with Crippen LogP contribution in [0.25, 0.3) is 0 Å². The number of aliphatic hydroxyl groups excluding tert-OH is 2. The molecule has 4 heteroatoms. The van der Waals surface area contributed by atoms with Crippen LogP contribution >= 0.6 is 0 Å². The van der Waals surface area contributed by atoms with Gasteiger partial charge in [0.05, 0.1) is 12.7 Å². The van der Waals surface area contributed by atoms with Crippen molar-refractivity contribution < 1.29 is 10.2 Å². The summed E-state index contributed by atoms with van der Waals surface area (Å²) in [5.74, 6) is 1.26. The van der Waals surface area contributed by atoms with Crippen LogP contribution in [0.1, 0.15) is 31.5 Å². The maximum Gasteiger partial charge on any atom is 0.129 e. The molecule has 2 heterocycles. The van der Waals surface area contributed by atoms with Crippen LogP contribution in [0.15, 0.2) is 12.1 Å². The van der Waals surface area contributed by atoms with Crippen molar-refractivity contribution in [3.8, 4) is 0 Å². The molecule has 1 aliphatic rings. The third kappa shape index (κ3) is 2.82. The van der Waals surface area contributed by atoms with Crippen molar-refractivity contribution in [1.82, 2.24) is 4.98 Å². The lowest BCUT2D eigenvalue weighted by molar-refractivity contribution is 0.136. The summed E-state index contributed by atoms with van der Waals surface area (Å²) in [7, 11) is 0. The van der Waals surface area contributed by atoms with E-state index in [1.807, 2.05) is 19.1 Å². The second kappa shape index (κ2) is 5.67. The van der Waals surface area contributed by atoms with Crippen molar-refractivity contribution in [3.63, 3.8) is 0 Å². The first-order chi connectivity index (χ1) is 8.63. The number of hydrogen-bond acceptors (Lipinski definition) is 4. The number of anilines is 1. The van der Waals surface area contributed by atoms with Crippen molar-refractivity contribution in [2.75, 3.05) is 18.0 Å². The predicted octanol–water partition coefficient (Wildman–Crippen LogP) is 1.34. The lowest BCUT2D eigenvalue weighted by Gasteiger charge is -2.20. The summed E-state index contributed by atoms with van der Waals surface area (Å²) in [5.41, 5.74) is 1.93. The fraction of sp³-hybridized carbons (Fsp3) is 0.643. The van der Waals surface area contributed by atoms with Crippen LogP contribution in [0, 0.1) is 5.92 Å². The summed E-state index contributed by atoms with van der Waals surface area (Å²) in [6.45, 7) is 5.75. The fourth-order valence-corrected chi connectivity index (χ4v) is 2.46. The van der Waals surface area contributed by atoms with E-state index >= 15 is 0 Å². The molecule has 0 aromatic carbocycles. The van der Waals surface area contributed by atoms with Gasteiger partial charge in [-0.2, -0.15) is 0 Å². The quantitative estimate of drug-likeness (QED) is 0.847. The van der Waals surface area contributed by atoms with E-state index in [9.17, 15) is 10.2 Å². The summed E-state index contributed by atoms with van der Waals surface area (Å²) in [6.07, 6.45) is 1.61. The van der Waals surface area contributed by atoms with Crippen molar-refractivity contribution in [1.29, 1.82) is 0 Å². The van der Waals surface area contributed by atoms with Gasteiger partial charge in [-0.15, -0.1) is 0 Å². The van der Waals surface area contributed by atoms with Gasteiger partial charge in [0.2, 0.25) is 0 Å². The average molecular weight is 250 g/mol. The Balaban J connectivity index is 2.18. The predicted molar refractivity (Wildman–Crippen MR) is 71.5 cm³/mol. The molecular weight excluding hydrogens is 228 g/mol. The minimum atomic E-state index is -0.262. The summed E-state index contributed by atoms with van der Waals surface area (Å²) < 4.78 is 0. The topological polar surface area (TPSA) is 56.6 Å². The summed E-state index contributed by atoms with van der Waals surface area (Å²) >= 11 is 0. The molecule has 2 unspecified atom stereocenters. The van der Waals surface area contributed by atoms with E-state index in [0.717, 1.165) is 43.0 Å². The number of pyridine rings is 1. The van der Waals surface area contributed by atoms with Gasteiger partial charge in [-0.3, -0.25) is 0 Å². The van der Waals surface area contributed by atoms with E-state index in [2.05, 4.69) is 16.8 Å². The van der Waals surface area contributed by atoms with Crippen LogP contribution < -0.4 is 4.90 Å². The van der Waals surface area contributed by atoms with E-state index < -0.39 is 0 Å². The van der Waals surface area contributed by atoms with Gasteiger partial charge in [0.15, 0.2) is 0 Å². The summed E-state index contributed by atoms with van der Waals surface area (Å²) in [5, 5.41) is 18.9. The van der Waals surface area contributed by atoms with Gasteiger partial charge in [-0.25, -0.2) is 4.98 Å². The zero-order chi connectivity index (χ0) is 13.1. The first-order valence-corrected chi connectivity index (χ1v) is 6.67. The molecule has 1 fully saturated rings. The third-order valence-corrected chi connectivity index (χ3v) is 3.70. The number of nitrogens with zero attached hydrogens (tertiary/aromatic N) is 2. The molecule has 2 rings (SSSR count). The highest BCUT2D eigenvalue weighted by Gasteiger charge is 2.27. The van der Waals surface area contributed by atoms with Gasteiger partial charge in [0, 0.05) is 24.7 Å². The molecule has 0 aliphatic carbocycles. The van der Waals surface area contributed by atoms with Crippen LogP contribution in [0.5, 0.6) is 0 Å². The molecule has 100 valence electrons. The van der Waals surface area contributed by atoms with Gasteiger partial charge >= 0.3 is 0 Å². The smallest absolute Gasteiger partial charge is 0.129 e. The van der Waals surface area contributed by atoms with Gasteiger partial charge in [0.25, 0.3) is 0 Å². The van der Waals surface area contributed by atoms with E-state index in [0.29, 0.717) is 5.92 Å². The molecule has 0 saturated carbocycles. The zero-order valence-corrected chi connectivity index (χ0v) is 11.1. The summed E-state index contributed by atoms with van der Waals surface area (Å²) in [4.78, 5) is 6.81. The molecule has 4 nitrogen and oxygen atoms in total. The molecule has 0 spiro atoms. The molecule has 1 aromatic heterocycles. The Hall–Kier alpha value is -1.13. The molecule has 2 N–H and O–H groups in total. The lowest BCUT2D eigenvalue weighted by atomic mass is 10.0. The Morgan fingerprint density at radius 3 is 2.83 bits per heavy atom. The van der Waals surface area contributed by atoms with Crippen LogP contribution in [0.3, 0.4) is 0 Å². The Labute approximate surface area is 108 Å². The molecule has 1 aromatic rings. The van der Waals surface area contributed by atoms with Gasteiger partial charge in [-0.1, -0.05) is 6.92 Å². The highest BCUT2D eigenvalue weighted by Crippen LogP contribution is 2.25. The fourth-order valence-electron chi connectivity index (χ4n) is 2.46. The van der Waals surface area contributed by atoms with E-state index in [-0.39, 0.29) is 12.7 Å². The van der Waals surface area contributed by atoms with Crippen LogP contribution in [-0.2, 0) is 13.0 Å². The van der Waals surface area contributed by atoms with Crippen molar-refractivity contribution in [2.45, 2.75) is 39.4 Å². The van der Waals surface area contributed by atoms with E-state index in [1.54, 1.807) is 0 Å². The maximum absolute atomic E-state index is 9.63. The SMILES string of the molecule is CCc1cc(CO)cc(N2CCC(C(C)O)C2)n1. The highest BCUT2D eigenvalue weighted by molar-refractivity contribution is 5.43. The Morgan fingerprint density at radius 1 is 1.50 bits per heavy atom. The zero-order valence-electron chi connectivity index (χ0n) is 11.1. The van der Waals surface area contributed by atoms with Crippen LogP contribution in [0.4, 0.5) is 5.82 Å². The maximum atomic E-state index is 9.63. The van der Waals surface area contributed by atoms with Crippen molar-refractivity contribution in [3.05, 3.63) is 23.4 Å². The molecule has 0 amide bonds. The highest BCUT2D eigenvalue weighted by atomic mass is 16.3. The molecular formula is C14H22N2O2. The number of hydrogen-bond donors (Lipinski definition) is 2. The van der Waals surface area contributed by atoms with Crippen molar-refractivity contribution in [2.24, 2.45) is 5.92 Å². The van der Waals surface area contributed by atoms with E-state index in [4.69, 9.17) is 0 Å². The van der Waals surface area contributed by atoms with Gasteiger partial charge in [-0.05, 0) is 37.5 Å². The number of rotatable bonds is 4. The van der Waals surface area contributed by atoms with Gasteiger partial charge in [0.1, 0.15) is 5.82 Å². The first kappa shape index (κ1) is 13.3. The third-order valence-electron chi connectivity index (χ3n) is 3.70. The largest absolute Gasteiger partial charge is 0.393 e. The Kier molecular flexibility index (Phi) is 4.19. The molecule has 1 saturated heterocycles. The lowest BCUT2D eigenvalue weighted by Crippen LogP contribution is -2.25. The standard InChI is InChI=1S/C14H22N2O2/c1-3-13-6-11(9-17)7-14(15-13)16-5-4-12(8-16)10(2)18/h6-7,10,12,17-18H,3-5,8-9H2,1-2H3. The molecule has 0 bridgehead atoms. The van der Waals surface area contributed by atoms with Gasteiger partial charge < -0.3 is 15.1 Å². The molecule has 1 aliphatic heterocycles. The minimum absolute atomic E-state index is 0.0518. The van der Waals surface area contributed by atoms with Crippen LogP contribution in [0.2, 0.25) is 0 Å². The molecule has 2 atom stereocenters. The van der Waals surface area contributed by atoms with Crippen LogP contribution in [-0.4, -0.2) is 34.4 Å². The number of aliphatic hydroxyl groups is 2. The van der Waals surface area contributed by atoms with E-state index in [1.165, 1.54) is 0 Å².